The van der Waals surface area contributed by atoms with E-state index in [1.807, 2.05) is 19.1 Å². The van der Waals surface area contributed by atoms with E-state index in [1.165, 1.54) is 30.5 Å². The highest BCUT2D eigenvalue weighted by Crippen LogP contribution is 2.39. The number of rotatable bonds is 5. The second-order valence-corrected chi connectivity index (χ2v) is 6.74. The zero-order chi connectivity index (χ0) is 17.7. The molecular formula is C20H23FN2OS. The Morgan fingerprint density at radius 2 is 1.72 bits per heavy atom. The summed E-state index contributed by atoms with van der Waals surface area (Å²) in [5.41, 5.74) is 1.84. The Balaban J connectivity index is 1.73. The molecule has 2 aromatic rings. The average Bonchev–Trinajstić information content (AvgIpc) is 3.07. The predicted octanol–water partition coefficient (Wildman–Crippen LogP) is 4.98. The largest absolute Gasteiger partial charge is 0.494 e. The van der Waals surface area contributed by atoms with E-state index in [4.69, 9.17) is 17.0 Å². The van der Waals surface area contributed by atoms with Crippen molar-refractivity contribution in [3.8, 4) is 5.75 Å². The molecule has 3 nitrogen and oxygen atoms in total. The van der Waals surface area contributed by atoms with Crippen molar-refractivity contribution in [3.05, 3.63) is 59.9 Å². The zero-order valence-electron chi connectivity index (χ0n) is 14.3. The topological polar surface area (TPSA) is 33.3 Å². The smallest absolute Gasteiger partial charge is 0.171 e. The first-order valence-electron chi connectivity index (χ1n) is 8.69. The lowest BCUT2D eigenvalue weighted by molar-refractivity contribution is 0.339. The Morgan fingerprint density at radius 3 is 2.32 bits per heavy atom. The average molecular weight is 358 g/mol. The molecule has 1 aliphatic carbocycles. The molecule has 0 amide bonds. The van der Waals surface area contributed by atoms with Gasteiger partial charge in [-0.2, -0.15) is 0 Å². The van der Waals surface area contributed by atoms with Crippen LogP contribution in [0.3, 0.4) is 0 Å². The van der Waals surface area contributed by atoms with Gasteiger partial charge in [0.1, 0.15) is 11.6 Å². The highest BCUT2D eigenvalue weighted by atomic mass is 32.1. The van der Waals surface area contributed by atoms with E-state index in [-0.39, 0.29) is 11.4 Å². The van der Waals surface area contributed by atoms with Crippen molar-refractivity contribution in [2.24, 2.45) is 0 Å². The summed E-state index contributed by atoms with van der Waals surface area (Å²) in [6.45, 7) is 2.64. The summed E-state index contributed by atoms with van der Waals surface area (Å²) < 4.78 is 18.6. The second-order valence-electron chi connectivity index (χ2n) is 6.33. The normalized spacial score (nSPS) is 15.6. The van der Waals surface area contributed by atoms with Gasteiger partial charge in [0, 0.05) is 5.69 Å². The highest BCUT2D eigenvalue weighted by molar-refractivity contribution is 7.80. The molecule has 0 saturated heterocycles. The van der Waals surface area contributed by atoms with E-state index < -0.39 is 0 Å². The third kappa shape index (κ3) is 4.28. The van der Waals surface area contributed by atoms with Gasteiger partial charge in [0.05, 0.1) is 12.1 Å². The molecule has 0 spiro atoms. The van der Waals surface area contributed by atoms with E-state index in [0.29, 0.717) is 11.7 Å². The Labute approximate surface area is 153 Å². The van der Waals surface area contributed by atoms with Crippen LogP contribution in [-0.2, 0) is 5.54 Å². The molecule has 132 valence electrons. The van der Waals surface area contributed by atoms with Gasteiger partial charge in [0.15, 0.2) is 5.11 Å². The number of anilines is 1. The summed E-state index contributed by atoms with van der Waals surface area (Å²) in [5, 5.41) is 7.22. The SMILES string of the molecule is CCOc1ccc(C2(NC(=S)Nc3ccc(F)cc3)CCCC2)cc1. The van der Waals surface area contributed by atoms with Crippen molar-refractivity contribution in [3.63, 3.8) is 0 Å². The van der Waals surface area contributed by atoms with Gasteiger partial charge in [-0.3, -0.25) is 0 Å². The van der Waals surface area contributed by atoms with E-state index in [1.54, 1.807) is 12.1 Å². The van der Waals surface area contributed by atoms with Gasteiger partial charge in [-0.1, -0.05) is 25.0 Å². The molecule has 5 heteroatoms. The van der Waals surface area contributed by atoms with Gasteiger partial charge in [-0.05, 0) is 73.9 Å². The first-order valence-corrected chi connectivity index (χ1v) is 9.10. The third-order valence-corrected chi connectivity index (χ3v) is 4.83. The first kappa shape index (κ1) is 17.7. The maximum atomic E-state index is 13.0. The van der Waals surface area contributed by atoms with Gasteiger partial charge in [-0.15, -0.1) is 0 Å². The Morgan fingerprint density at radius 1 is 1.08 bits per heavy atom. The minimum atomic E-state index is -0.258. The van der Waals surface area contributed by atoms with Crippen LogP contribution in [0.25, 0.3) is 0 Å². The van der Waals surface area contributed by atoms with Gasteiger partial charge >= 0.3 is 0 Å². The van der Waals surface area contributed by atoms with Crippen LogP contribution in [0.2, 0.25) is 0 Å². The fourth-order valence-corrected chi connectivity index (χ4v) is 3.73. The van der Waals surface area contributed by atoms with Crippen LogP contribution in [0.5, 0.6) is 5.75 Å². The molecule has 0 heterocycles. The van der Waals surface area contributed by atoms with Crippen molar-refractivity contribution < 1.29 is 9.13 Å². The molecule has 1 aliphatic rings. The minimum Gasteiger partial charge on any atom is -0.494 e. The lowest BCUT2D eigenvalue weighted by Gasteiger charge is -2.32. The fourth-order valence-electron chi connectivity index (χ4n) is 3.41. The molecule has 0 bridgehead atoms. The number of hydrogen-bond donors (Lipinski definition) is 2. The van der Waals surface area contributed by atoms with Gasteiger partial charge < -0.3 is 15.4 Å². The summed E-state index contributed by atoms with van der Waals surface area (Å²) >= 11 is 5.50. The van der Waals surface area contributed by atoms with Gasteiger partial charge in [-0.25, -0.2) is 4.39 Å². The lowest BCUT2D eigenvalue weighted by Crippen LogP contribution is -2.45. The highest BCUT2D eigenvalue weighted by Gasteiger charge is 2.36. The summed E-state index contributed by atoms with van der Waals surface area (Å²) in [5.74, 6) is 0.623. The number of benzene rings is 2. The van der Waals surface area contributed by atoms with Crippen LogP contribution in [0.15, 0.2) is 48.5 Å². The maximum Gasteiger partial charge on any atom is 0.171 e. The maximum absolute atomic E-state index is 13.0. The summed E-state index contributed by atoms with van der Waals surface area (Å²) in [6.07, 6.45) is 4.40. The van der Waals surface area contributed by atoms with Crippen LogP contribution in [0, 0.1) is 5.82 Å². The predicted molar refractivity (Wildman–Crippen MR) is 104 cm³/mol. The van der Waals surface area contributed by atoms with Crippen LogP contribution in [0.1, 0.15) is 38.2 Å². The molecule has 1 saturated carbocycles. The van der Waals surface area contributed by atoms with E-state index in [2.05, 4.69) is 22.8 Å². The molecule has 2 N–H and O–H groups in total. The lowest BCUT2D eigenvalue weighted by atomic mass is 9.88. The molecule has 25 heavy (non-hydrogen) atoms. The molecule has 0 unspecified atom stereocenters. The molecule has 0 aromatic heterocycles. The molecule has 0 atom stereocenters. The first-order chi connectivity index (χ1) is 12.1. The molecule has 3 rings (SSSR count). The van der Waals surface area contributed by atoms with E-state index in [0.717, 1.165) is 24.3 Å². The number of nitrogens with one attached hydrogen (secondary N) is 2. The van der Waals surface area contributed by atoms with Crippen LogP contribution >= 0.6 is 12.2 Å². The number of hydrogen-bond acceptors (Lipinski definition) is 2. The monoisotopic (exact) mass is 358 g/mol. The summed E-state index contributed by atoms with van der Waals surface area (Å²) in [4.78, 5) is 0. The van der Waals surface area contributed by atoms with Crippen molar-refractivity contribution in [2.45, 2.75) is 38.1 Å². The number of halogens is 1. The third-order valence-electron chi connectivity index (χ3n) is 4.63. The zero-order valence-corrected chi connectivity index (χ0v) is 15.2. The number of ether oxygens (including phenoxy) is 1. The Kier molecular flexibility index (Phi) is 5.53. The Bertz CT molecular complexity index is 709. The van der Waals surface area contributed by atoms with E-state index in [9.17, 15) is 4.39 Å². The summed E-state index contributed by atoms with van der Waals surface area (Å²) in [7, 11) is 0. The molecule has 1 fully saturated rings. The number of thiocarbonyl (C=S) groups is 1. The standard InChI is InChI=1S/C20H23FN2OS/c1-2-24-18-11-5-15(6-12-18)20(13-3-4-14-20)23-19(25)22-17-9-7-16(21)8-10-17/h5-12H,2-4,13-14H2,1H3,(H2,22,23,25). The molecule has 2 aromatic carbocycles. The molecule has 0 radical (unpaired) electrons. The second kappa shape index (κ2) is 7.83. The van der Waals surface area contributed by atoms with Crippen molar-refractivity contribution in [1.29, 1.82) is 0 Å². The van der Waals surface area contributed by atoms with Crippen LogP contribution in [0.4, 0.5) is 10.1 Å². The van der Waals surface area contributed by atoms with Crippen LogP contribution in [-0.4, -0.2) is 11.7 Å². The van der Waals surface area contributed by atoms with Gasteiger partial charge in [0.2, 0.25) is 0 Å². The fraction of sp³-hybridized carbons (Fsp3) is 0.350. The molecule has 0 aliphatic heterocycles. The van der Waals surface area contributed by atoms with Crippen molar-refractivity contribution >= 4 is 23.0 Å². The van der Waals surface area contributed by atoms with E-state index >= 15 is 0 Å². The quantitative estimate of drug-likeness (QED) is 0.739. The minimum absolute atomic E-state index is 0.158. The van der Waals surface area contributed by atoms with Crippen molar-refractivity contribution in [1.82, 2.24) is 5.32 Å². The van der Waals surface area contributed by atoms with Gasteiger partial charge in [0.25, 0.3) is 0 Å². The molecular weight excluding hydrogens is 335 g/mol. The Hall–Kier alpha value is -2.14. The summed E-state index contributed by atoms with van der Waals surface area (Å²) in [6, 6.07) is 14.5. The van der Waals surface area contributed by atoms with Crippen LogP contribution < -0.4 is 15.4 Å². The van der Waals surface area contributed by atoms with Crippen molar-refractivity contribution in [2.75, 3.05) is 11.9 Å².